The maximum Gasteiger partial charge on any atom is 0.333 e. The highest BCUT2D eigenvalue weighted by atomic mass is 16.2. The van der Waals surface area contributed by atoms with E-state index < -0.39 is 17.1 Å². The summed E-state index contributed by atoms with van der Waals surface area (Å²) in [6.45, 7) is 9.97. The number of rotatable bonds is 25. The first-order chi connectivity index (χ1) is 18.0. The van der Waals surface area contributed by atoms with E-state index in [0.717, 1.165) is 51.4 Å². The van der Waals surface area contributed by atoms with Gasteiger partial charge in [-0.1, -0.05) is 115 Å². The summed E-state index contributed by atoms with van der Waals surface area (Å²) in [7, 11) is 0. The van der Waals surface area contributed by atoms with Crippen molar-refractivity contribution < 1.29 is 0 Å². The van der Waals surface area contributed by atoms with E-state index >= 15 is 0 Å². The van der Waals surface area contributed by atoms with Crippen LogP contribution in [0.2, 0.25) is 0 Å². The third-order valence-corrected chi connectivity index (χ3v) is 7.51. The molecule has 0 aliphatic heterocycles. The SMILES string of the molecule is C=CCCCC(CC=C)CC(CCCCCCCCCCCCCCCCC)n1c(=O)[nH]c(=O)[nH]c1=O. The van der Waals surface area contributed by atoms with E-state index in [1.165, 1.54) is 88.0 Å². The lowest BCUT2D eigenvalue weighted by molar-refractivity contribution is 0.305. The predicted octanol–water partition coefficient (Wildman–Crippen LogP) is 7.97. The summed E-state index contributed by atoms with van der Waals surface area (Å²) in [5.41, 5.74) is -1.96. The summed E-state index contributed by atoms with van der Waals surface area (Å²) < 4.78 is 1.23. The summed E-state index contributed by atoms with van der Waals surface area (Å²) in [5.74, 6) is 0.344. The van der Waals surface area contributed by atoms with Crippen molar-refractivity contribution in [2.24, 2.45) is 5.92 Å². The van der Waals surface area contributed by atoms with Crippen molar-refractivity contribution in [2.75, 3.05) is 0 Å². The zero-order valence-corrected chi connectivity index (χ0v) is 23.7. The number of nitrogens with zero attached hydrogens (tertiary/aromatic N) is 1. The molecule has 212 valence electrons. The molecule has 0 aromatic carbocycles. The molecule has 0 fully saturated rings. The van der Waals surface area contributed by atoms with E-state index in [-0.39, 0.29) is 6.04 Å². The van der Waals surface area contributed by atoms with Crippen LogP contribution in [0.5, 0.6) is 0 Å². The first-order valence-electron chi connectivity index (χ1n) is 15.2. The second kappa shape index (κ2) is 21.9. The van der Waals surface area contributed by atoms with Gasteiger partial charge in [0.1, 0.15) is 0 Å². The molecule has 2 N–H and O–H groups in total. The maximum atomic E-state index is 12.5. The van der Waals surface area contributed by atoms with Crippen LogP contribution < -0.4 is 17.1 Å². The molecular weight excluding hydrogens is 462 g/mol. The second-order valence-corrected chi connectivity index (χ2v) is 10.8. The van der Waals surface area contributed by atoms with Crippen LogP contribution in [0.1, 0.15) is 148 Å². The van der Waals surface area contributed by atoms with Crippen molar-refractivity contribution >= 4 is 0 Å². The smallest absolute Gasteiger partial charge is 0.259 e. The lowest BCUT2D eigenvalue weighted by Gasteiger charge is -2.24. The first kappa shape index (κ1) is 32.9. The normalized spacial score (nSPS) is 12.9. The minimum Gasteiger partial charge on any atom is -0.259 e. The number of hydrogen-bond acceptors (Lipinski definition) is 3. The number of unbranched alkanes of at least 4 members (excludes halogenated alkanes) is 15. The molecule has 2 atom stereocenters. The lowest BCUT2D eigenvalue weighted by Crippen LogP contribution is -2.45. The van der Waals surface area contributed by atoms with Gasteiger partial charge >= 0.3 is 17.1 Å². The molecule has 0 saturated carbocycles. The van der Waals surface area contributed by atoms with Crippen LogP contribution in [0, 0.1) is 5.92 Å². The van der Waals surface area contributed by atoms with Gasteiger partial charge in [0.2, 0.25) is 0 Å². The molecule has 1 aromatic rings. The summed E-state index contributed by atoms with van der Waals surface area (Å²) in [5, 5.41) is 0. The van der Waals surface area contributed by atoms with E-state index in [0.29, 0.717) is 5.92 Å². The highest BCUT2D eigenvalue weighted by Gasteiger charge is 2.20. The van der Waals surface area contributed by atoms with Crippen LogP contribution in [0.25, 0.3) is 0 Å². The minimum atomic E-state index is -0.745. The molecule has 1 rings (SSSR count). The van der Waals surface area contributed by atoms with Crippen LogP contribution >= 0.6 is 0 Å². The van der Waals surface area contributed by atoms with E-state index in [2.05, 4.69) is 30.0 Å². The fourth-order valence-electron chi connectivity index (χ4n) is 5.38. The number of nitrogens with one attached hydrogen (secondary N) is 2. The number of hydrogen-bond donors (Lipinski definition) is 2. The van der Waals surface area contributed by atoms with Crippen molar-refractivity contribution in [1.82, 2.24) is 14.5 Å². The Hall–Kier alpha value is -2.11. The average molecular weight is 518 g/mol. The molecule has 0 aliphatic rings. The maximum absolute atomic E-state index is 12.5. The molecule has 0 amide bonds. The highest BCUT2D eigenvalue weighted by molar-refractivity contribution is 4.82. The van der Waals surface area contributed by atoms with Crippen molar-refractivity contribution in [1.29, 1.82) is 0 Å². The summed E-state index contributed by atoms with van der Waals surface area (Å²) >= 11 is 0. The van der Waals surface area contributed by atoms with Crippen LogP contribution in [0.15, 0.2) is 39.7 Å². The van der Waals surface area contributed by atoms with Gasteiger partial charge in [0.25, 0.3) is 0 Å². The zero-order chi connectivity index (χ0) is 27.1. The molecule has 2 unspecified atom stereocenters. The third-order valence-electron chi connectivity index (χ3n) is 7.51. The Morgan fingerprint density at radius 1 is 0.676 bits per heavy atom. The van der Waals surface area contributed by atoms with E-state index in [4.69, 9.17) is 0 Å². The number of H-pyrrole nitrogens is 2. The number of aromatic nitrogens is 3. The lowest BCUT2D eigenvalue weighted by atomic mass is 9.89. The standard InChI is InChI=1S/C31H55N3O3/c1-4-7-9-10-11-12-13-14-15-16-17-18-19-20-22-25-28(26-27(23-6-3)24-21-8-5-2)34-30(36)32-29(35)33-31(34)37/h5-6,27-28H,2-4,7-26H2,1H3,(H2,32,33,35,36,37). The highest BCUT2D eigenvalue weighted by Crippen LogP contribution is 2.28. The second-order valence-electron chi connectivity index (χ2n) is 10.8. The van der Waals surface area contributed by atoms with Crippen molar-refractivity contribution in [2.45, 2.75) is 148 Å². The molecule has 37 heavy (non-hydrogen) atoms. The van der Waals surface area contributed by atoms with Crippen LogP contribution in [0.3, 0.4) is 0 Å². The number of aromatic amines is 2. The van der Waals surface area contributed by atoms with E-state index in [9.17, 15) is 14.4 Å². The average Bonchev–Trinajstić information content (AvgIpc) is 2.85. The molecule has 1 heterocycles. The van der Waals surface area contributed by atoms with Crippen molar-refractivity contribution in [3.63, 3.8) is 0 Å². The van der Waals surface area contributed by atoms with Crippen molar-refractivity contribution in [3.8, 4) is 0 Å². The molecule has 1 aromatic heterocycles. The van der Waals surface area contributed by atoms with Gasteiger partial charge in [-0.3, -0.25) is 9.97 Å². The molecule has 0 radical (unpaired) electrons. The Bertz CT molecular complexity index is 848. The Balaban J connectivity index is 2.42. The van der Waals surface area contributed by atoms with Gasteiger partial charge in [-0.05, 0) is 44.4 Å². The van der Waals surface area contributed by atoms with Crippen molar-refractivity contribution in [3.05, 3.63) is 56.8 Å². The first-order valence-corrected chi connectivity index (χ1v) is 15.2. The van der Waals surface area contributed by atoms with Crippen LogP contribution in [0.4, 0.5) is 0 Å². The molecule has 6 nitrogen and oxygen atoms in total. The zero-order valence-electron chi connectivity index (χ0n) is 23.7. The van der Waals surface area contributed by atoms with E-state index in [1.54, 1.807) is 0 Å². The van der Waals surface area contributed by atoms with Gasteiger partial charge < -0.3 is 0 Å². The van der Waals surface area contributed by atoms with Gasteiger partial charge in [0.15, 0.2) is 0 Å². The third kappa shape index (κ3) is 15.7. The number of allylic oxidation sites excluding steroid dienone is 2. The molecular formula is C31H55N3O3. The van der Waals surface area contributed by atoms with Crippen LogP contribution in [-0.4, -0.2) is 14.5 Å². The summed E-state index contributed by atoms with van der Waals surface area (Å²) in [6, 6.07) is -0.219. The summed E-state index contributed by atoms with van der Waals surface area (Å²) in [4.78, 5) is 41.0. The largest absolute Gasteiger partial charge is 0.333 e. The fourth-order valence-corrected chi connectivity index (χ4v) is 5.38. The minimum absolute atomic E-state index is 0.219. The molecule has 0 aliphatic carbocycles. The van der Waals surface area contributed by atoms with Crippen LogP contribution in [-0.2, 0) is 0 Å². The fraction of sp³-hybridized carbons (Fsp3) is 0.774. The van der Waals surface area contributed by atoms with Gasteiger partial charge in [-0.25, -0.2) is 19.0 Å². The van der Waals surface area contributed by atoms with Gasteiger partial charge in [0.05, 0.1) is 0 Å². The van der Waals surface area contributed by atoms with Gasteiger partial charge in [-0.2, -0.15) is 0 Å². The van der Waals surface area contributed by atoms with Gasteiger partial charge in [0, 0.05) is 6.04 Å². The molecule has 0 spiro atoms. The Labute approximate surface area is 225 Å². The molecule has 6 heteroatoms. The summed E-state index contributed by atoms with van der Waals surface area (Å²) in [6.07, 6.45) is 28.8. The monoisotopic (exact) mass is 517 g/mol. The van der Waals surface area contributed by atoms with E-state index in [1.807, 2.05) is 12.2 Å². The predicted molar refractivity (Wildman–Crippen MR) is 157 cm³/mol. The van der Waals surface area contributed by atoms with Gasteiger partial charge in [-0.15, -0.1) is 13.2 Å². The molecule has 0 bridgehead atoms. The Morgan fingerprint density at radius 2 is 1.16 bits per heavy atom. The Morgan fingerprint density at radius 3 is 1.62 bits per heavy atom. The topological polar surface area (TPSA) is 87.7 Å². The quantitative estimate of drug-likeness (QED) is 0.102. The Kier molecular flexibility index (Phi) is 19.5. The molecule has 0 saturated heterocycles.